The zero-order valence-corrected chi connectivity index (χ0v) is 16.8. The molecule has 0 unspecified atom stereocenters. The van der Waals surface area contributed by atoms with Crippen molar-refractivity contribution in [1.82, 2.24) is 19.6 Å². The summed E-state index contributed by atoms with van der Waals surface area (Å²) in [7, 11) is 0. The van der Waals surface area contributed by atoms with Crippen LogP contribution in [0.1, 0.15) is 32.2 Å². The molecule has 1 atom stereocenters. The molecule has 1 aliphatic rings. The molecular formula is C18H31ClN4O2. The zero-order chi connectivity index (χ0) is 18.6. The van der Waals surface area contributed by atoms with Crippen LogP contribution in [0.4, 0.5) is 0 Å². The lowest BCUT2D eigenvalue weighted by Crippen LogP contribution is -2.51. The maximum atomic E-state index is 12.7. The van der Waals surface area contributed by atoms with Crippen molar-refractivity contribution in [1.29, 1.82) is 0 Å². The topological polar surface area (TPSA) is 50.6 Å². The summed E-state index contributed by atoms with van der Waals surface area (Å²) in [6, 6.07) is 0. The second-order valence-corrected chi connectivity index (χ2v) is 7.53. The van der Waals surface area contributed by atoms with E-state index in [9.17, 15) is 4.79 Å². The van der Waals surface area contributed by atoms with E-state index in [2.05, 4.69) is 10.00 Å². The number of carbonyl (C=O) groups excluding carboxylic acids is 1. The van der Waals surface area contributed by atoms with E-state index in [4.69, 9.17) is 16.3 Å². The van der Waals surface area contributed by atoms with Gasteiger partial charge >= 0.3 is 0 Å². The van der Waals surface area contributed by atoms with Gasteiger partial charge in [-0.15, -0.1) is 0 Å². The minimum absolute atomic E-state index is 0.107. The maximum Gasteiger partial charge on any atom is 0.227 e. The van der Waals surface area contributed by atoms with E-state index in [0.29, 0.717) is 11.6 Å². The summed E-state index contributed by atoms with van der Waals surface area (Å²) in [4.78, 5) is 17.1. The molecule has 1 saturated heterocycles. The summed E-state index contributed by atoms with van der Waals surface area (Å²) >= 11 is 6.19. The average molecular weight is 371 g/mol. The Bertz CT molecular complexity index is 580. The summed E-state index contributed by atoms with van der Waals surface area (Å²) in [5.41, 5.74) is 1.74. The molecule has 1 aromatic heterocycles. The van der Waals surface area contributed by atoms with Crippen molar-refractivity contribution in [2.24, 2.45) is 5.92 Å². The second kappa shape index (κ2) is 9.01. The lowest BCUT2D eigenvalue weighted by molar-refractivity contribution is -0.137. The van der Waals surface area contributed by atoms with Crippen molar-refractivity contribution in [2.75, 3.05) is 39.3 Å². The number of nitrogens with zero attached hydrogens (tertiary/aromatic N) is 4. The fourth-order valence-corrected chi connectivity index (χ4v) is 3.25. The fraction of sp³-hybridized carbons (Fsp3) is 0.778. The number of hydrogen-bond acceptors (Lipinski definition) is 4. The summed E-state index contributed by atoms with van der Waals surface area (Å²) in [6.45, 7) is 15.5. The Balaban J connectivity index is 1.80. The van der Waals surface area contributed by atoms with Crippen molar-refractivity contribution in [3.63, 3.8) is 0 Å². The van der Waals surface area contributed by atoms with Crippen LogP contribution < -0.4 is 0 Å². The first kappa shape index (κ1) is 20.2. The highest BCUT2D eigenvalue weighted by atomic mass is 35.5. The molecule has 6 nitrogen and oxygen atoms in total. The summed E-state index contributed by atoms with van der Waals surface area (Å²) < 4.78 is 7.45. The van der Waals surface area contributed by atoms with Crippen molar-refractivity contribution in [3.8, 4) is 0 Å². The third-order valence-electron chi connectivity index (χ3n) is 4.70. The van der Waals surface area contributed by atoms with Crippen LogP contribution in [0.2, 0.25) is 5.02 Å². The van der Waals surface area contributed by atoms with Gasteiger partial charge in [0, 0.05) is 32.7 Å². The first-order valence-corrected chi connectivity index (χ1v) is 9.49. The van der Waals surface area contributed by atoms with E-state index in [1.165, 1.54) is 0 Å². The van der Waals surface area contributed by atoms with Gasteiger partial charge in [-0.3, -0.25) is 14.4 Å². The molecule has 0 aromatic carbocycles. The maximum absolute atomic E-state index is 12.7. The molecule has 1 fully saturated rings. The molecule has 0 bridgehead atoms. The van der Waals surface area contributed by atoms with Gasteiger partial charge in [-0.1, -0.05) is 18.5 Å². The molecule has 0 radical (unpaired) electrons. The predicted octanol–water partition coefficient (Wildman–Crippen LogP) is 2.36. The molecule has 0 aliphatic carbocycles. The van der Waals surface area contributed by atoms with Gasteiger partial charge in [0.2, 0.25) is 5.91 Å². The number of amides is 1. The van der Waals surface area contributed by atoms with Crippen LogP contribution in [0, 0.1) is 19.8 Å². The van der Waals surface area contributed by atoms with Gasteiger partial charge in [0.15, 0.2) is 0 Å². The number of aryl methyl sites for hydroxylation is 1. The third-order valence-corrected chi connectivity index (χ3v) is 5.25. The van der Waals surface area contributed by atoms with Gasteiger partial charge in [-0.2, -0.15) is 5.10 Å². The van der Waals surface area contributed by atoms with Gasteiger partial charge < -0.3 is 9.64 Å². The number of rotatable bonds is 7. The molecule has 1 amide bonds. The Morgan fingerprint density at radius 2 is 1.84 bits per heavy atom. The zero-order valence-electron chi connectivity index (χ0n) is 16.1. The third kappa shape index (κ3) is 5.43. The van der Waals surface area contributed by atoms with Gasteiger partial charge in [0.25, 0.3) is 0 Å². The van der Waals surface area contributed by atoms with Gasteiger partial charge in [0.05, 0.1) is 41.6 Å². The van der Waals surface area contributed by atoms with Gasteiger partial charge in [0.1, 0.15) is 0 Å². The molecule has 142 valence electrons. The Morgan fingerprint density at radius 1 is 1.20 bits per heavy atom. The van der Waals surface area contributed by atoms with Crippen LogP contribution in [-0.4, -0.2) is 70.9 Å². The molecule has 0 spiro atoms. The number of ether oxygens (including phenoxy) is 1. The lowest BCUT2D eigenvalue weighted by Gasteiger charge is -2.36. The quantitative estimate of drug-likeness (QED) is 0.739. The lowest BCUT2D eigenvalue weighted by atomic mass is 10.1. The van der Waals surface area contributed by atoms with Crippen molar-refractivity contribution in [3.05, 3.63) is 16.4 Å². The second-order valence-electron chi connectivity index (χ2n) is 7.15. The molecule has 1 aromatic rings. The normalized spacial score (nSPS) is 17.3. The number of aromatic nitrogens is 2. The highest BCUT2D eigenvalue weighted by Gasteiger charge is 2.26. The monoisotopic (exact) mass is 370 g/mol. The highest BCUT2D eigenvalue weighted by molar-refractivity contribution is 6.31. The Morgan fingerprint density at radius 3 is 2.36 bits per heavy atom. The van der Waals surface area contributed by atoms with Crippen LogP contribution in [0.25, 0.3) is 0 Å². The highest BCUT2D eigenvalue weighted by Crippen LogP contribution is 2.20. The molecule has 0 N–H and O–H groups in total. The largest absolute Gasteiger partial charge is 0.377 e. The van der Waals surface area contributed by atoms with Crippen LogP contribution in [0.5, 0.6) is 0 Å². The fourth-order valence-electron chi connectivity index (χ4n) is 3.11. The molecule has 0 saturated carbocycles. The molecular weight excluding hydrogens is 340 g/mol. The first-order valence-electron chi connectivity index (χ1n) is 9.11. The van der Waals surface area contributed by atoms with Crippen LogP contribution in [0.3, 0.4) is 0 Å². The average Bonchev–Trinajstić information content (AvgIpc) is 2.81. The standard InChI is InChI=1S/C18H31ClN4O2/c1-13(2)25-11-10-21-6-8-22(9-7-21)18(24)14(3)12-23-16(5)17(19)15(4)20-23/h13-14H,6-12H2,1-5H3/t14-/m1/s1. The van der Waals surface area contributed by atoms with E-state index in [1.807, 2.05) is 44.2 Å². The Kier molecular flexibility index (Phi) is 7.28. The summed E-state index contributed by atoms with van der Waals surface area (Å²) in [5, 5.41) is 5.12. The van der Waals surface area contributed by atoms with Gasteiger partial charge in [-0.25, -0.2) is 0 Å². The number of hydrogen-bond donors (Lipinski definition) is 0. The van der Waals surface area contributed by atoms with E-state index < -0.39 is 0 Å². The summed E-state index contributed by atoms with van der Waals surface area (Å²) in [6.07, 6.45) is 0.270. The van der Waals surface area contributed by atoms with Crippen molar-refractivity contribution < 1.29 is 9.53 Å². The molecule has 2 heterocycles. The van der Waals surface area contributed by atoms with E-state index in [-0.39, 0.29) is 17.9 Å². The van der Waals surface area contributed by atoms with Crippen LogP contribution in [0.15, 0.2) is 0 Å². The predicted molar refractivity (Wildman–Crippen MR) is 100.0 cm³/mol. The van der Waals surface area contributed by atoms with Gasteiger partial charge in [-0.05, 0) is 27.7 Å². The Labute approximate surface area is 156 Å². The Hall–Kier alpha value is -1.11. The number of halogens is 1. The minimum Gasteiger partial charge on any atom is -0.377 e. The number of piperazine rings is 1. The summed E-state index contributed by atoms with van der Waals surface area (Å²) in [5.74, 6) is 0.0895. The van der Waals surface area contributed by atoms with Crippen molar-refractivity contribution >= 4 is 17.5 Å². The van der Waals surface area contributed by atoms with Crippen LogP contribution >= 0.6 is 11.6 Å². The molecule has 1 aliphatic heterocycles. The SMILES string of the molecule is Cc1nn(C[C@@H](C)C(=O)N2CCN(CCOC(C)C)CC2)c(C)c1Cl. The van der Waals surface area contributed by atoms with E-state index in [0.717, 1.165) is 50.7 Å². The molecule has 2 rings (SSSR count). The van der Waals surface area contributed by atoms with E-state index in [1.54, 1.807) is 0 Å². The molecule has 25 heavy (non-hydrogen) atoms. The minimum atomic E-state index is -0.107. The molecule has 7 heteroatoms. The first-order chi connectivity index (χ1) is 11.8. The number of carbonyl (C=O) groups is 1. The van der Waals surface area contributed by atoms with Crippen LogP contribution in [-0.2, 0) is 16.1 Å². The van der Waals surface area contributed by atoms with Crippen molar-refractivity contribution in [2.45, 2.75) is 47.3 Å². The smallest absolute Gasteiger partial charge is 0.227 e. The van der Waals surface area contributed by atoms with E-state index >= 15 is 0 Å².